The number of ether oxygens (including phenoxy) is 1. The predicted molar refractivity (Wildman–Crippen MR) is 114 cm³/mol. The van der Waals surface area contributed by atoms with E-state index in [-0.39, 0.29) is 11.8 Å². The van der Waals surface area contributed by atoms with E-state index in [1.807, 2.05) is 30.3 Å². The van der Waals surface area contributed by atoms with E-state index in [9.17, 15) is 9.59 Å². The lowest BCUT2D eigenvalue weighted by Gasteiger charge is -2.09. The molecule has 0 saturated heterocycles. The molecule has 2 amide bonds. The molecule has 0 spiro atoms. The second-order valence-electron chi connectivity index (χ2n) is 6.44. The maximum atomic E-state index is 12.2. The summed E-state index contributed by atoms with van der Waals surface area (Å²) in [7, 11) is 0. The number of nitrogens with one attached hydrogen (secondary N) is 3. The van der Waals surface area contributed by atoms with Gasteiger partial charge in [-0.1, -0.05) is 30.3 Å². The van der Waals surface area contributed by atoms with E-state index in [0.717, 1.165) is 5.56 Å². The number of nitrogens with zero attached hydrogens (tertiary/aromatic N) is 1. The first kappa shape index (κ1) is 20.6. The van der Waals surface area contributed by atoms with Gasteiger partial charge in [0.05, 0.1) is 5.56 Å². The molecule has 30 heavy (non-hydrogen) atoms. The number of hydrogen-bond acceptors (Lipinski definition) is 5. The number of anilines is 1. The third kappa shape index (κ3) is 6.49. The summed E-state index contributed by atoms with van der Waals surface area (Å²) in [6.45, 7) is 2.15. The third-order valence-corrected chi connectivity index (χ3v) is 4.01. The molecular weight excluding hydrogens is 380 g/mol. The molecule has 0 atom stereocenters. The molecule has 0 aliphatic heterocycles. The van der Waals surface area contributed by atoms with Crippen LogP contribution in [0.1, 0.15) is 22.8 Å². The van der Waals surface area contributed by atoms with Gasteiger partial charge in [-0.3, -0.25) is 20.0 Å². The quantitative estimate of drug-likeness (QED) is 0.397. The maximum absolute atomic E-state index is 12.2. The molecule has 3 aromatic rings. The largest absolute Gasteiger partial charge is 0.489 e. The van der Waals surface area contributed by atoms with E-state index in [0.29, 0.717) is 29.3 Å². The molecule has 2 aromatic carbocycles. The first-order valence-corrected chi connectivity index (χ1v) is 9.32. The lowest BCUT2D eigenvalue weighted by molar-refractivity contribution is -0.112. The standard InChI is InChI=1S/C23H22N4O3/c1-17(26-27-23(29)19-8-5-13-24-15-19)14-22(28)25-20-9-11-21(12-10-20)30-16-18-6-3-2-4-7-18/h2-15,26H,16H2,1H3,(H,25,28)(H,27,29)/b17-14+. The number of hydrazine groups is 1. The van der Waals surface area contributed by atoms with Gasteiger partial charge < -0.3 is 15.5 Å². The fraction of sp³-hybridized carbons (Fsp3) is 0.0870. The van der Waals surface area contributed by atoms with Gasteiger partial charge in [0, 0.05) is 29.9 Å². The smallest absolute Gasteiger partial charge is 0.271 e. The first-order valence-electron chi connectivity index (χ1n) is 9.32. The molecule has 0 bridgehead atoms. The van der Waals surface area contributed by atoms with Crippen LogP contribution in [0.3, 0.4) is 0 Å². The Bertz CT molecular complexity index is 1000. The molecule has 0 unspecified atom stereocenters. The van der Waals surface area contributed by atoms with Crippen molar-refractivity contribution in [2.45, 2.75) is 13.5 Å². The highest BCUT2D eigenvalue weighted by molar-refractivity contribution is 5.99. The molecule has 0 aliphatic rings. The summed E-state index contributed by atoms with van der Waals surface area (Å²) >= 11 is 0. The molecule has 1 heterocycles. The molecule has 7 heteroatoms. The van der Waals surface area contributed by atoms with Crippen molar-refractivity contribution in [2.75, 3.05) is 5.32 Å². The Morgan fingerprint density at radius 3 is 2.43 bits per heavy atom. The monoisotopic (exact) mass is 402 g/mol. The van der Waals surface area contributed by atoms with Gasteiger partial charge in [-0.2, -0.15) is 0 Å². The number of carbonyl (C=O) groups excluding carboxylic acids is 2. The van der Waals surface area contributed by atoms with Crippen LogP contribution < -0.4 is 20.9 Å². The van der Waals surface area contributed by atoms with Crippen LogP contribution >= 0.6 is 0 Å². The molecule has 152 valence electrons. The van der Waals surface area contributed by atoms with Gasteiger partial charge in [0.2, 0.25) is 5.91 Å². The topological polar surface area (TPSA) is 92.4 Å². The SMILES string of the molecule is C/C(=C\C(=O)Nc1ccc(OCc2ccccc2)cc1)NNC(=O)c1cccnc1. The zero-order valence-corrected chi connectivity index (χ0v) is 16.5. The maximum Gasteiger partial charge on any atom is 0.271 e. The van der Waals surface area contributed by atoms with Crippen LogP contribution in [0.5, 0.6) is 5.75 Å². The Kier molecular flexibility index (Phi) is 7.16. The van der Waals surface area contributed by atoms with Crippen molar-refractivity contribution >= 4 is 17.5 Å². The molecule has 0 aliphatic carbocycles. The van der Waals surface area contributed by atoms with Crippen LogP contribution in [-0.2, 0) is 11.4 Å². The fourth-order valence-corrected chi connectivity index (χ4v) is 2.51. The van der Waals surface area contributed by atoms with Crippen molar-refractivity contribution in [1.29, 1.82) is 0 Å². The zero-order valence-electron chi connectivity index (χ0n) is 16.5. The highest BCUT2D eigenvalue weighted by atomic mass is 16.5. The van der Waals surface area contributed by atoms with Gasteiger partial charge >= 0.3 is 0 Å². The highest BCUT2D eigenvalue weighted by Gasteiger charge is 2.05. The first-order chi connectivity index (χ1) is 14.6. The van der Waals surface area contributed by atoms with E-state index in [1.165, 1.54) is 12.3 Å². The van der Waals surface area contributed by atoms with E-state index in [4.69, 9.17) is 4.74 Å². The van der Waals surface area contributed by atoms with Crippen molar-refractivity contribution in [2.24, 2.45) is 0 Å². The Labute approximate surface area is 174 Å². The minimum absolute atomic E-state index is 0.325. The molecule has 0 radical (unpaired) electrons. The van der Waals surface area contributed by atoms with Crippen molar-refractivity contribution in [1.82, 2.24) is 15.8 Å². The van der Waals surface area contributed by atoms with Crippen LogP contribution in [-0.4, -0.2) is 16.8 Å². The van der Waals surface area contributed by atoms with Gasteiger partial charge in [0.25, 0.3) is 5.91 Å². The minimum atomic E-state index is -0.345. The van der Waals surface area contributed by atoms with Gasteiger partial charge in [0.15, 0.2) is 0 Å². The summed E-state index contributed by atoms with van der Waals surface area (Å²) in [5.41, 5.74) is 7.81. The van der Waals surface area contributed by atoms with Crippen molar-refractivity contribution in [3.8, 4) is 5.75 Å². The summed E-state index contributed by atoms with van der Waals surface area (Å²) in [6, 6.07) is 20.3. The van der Waals surface area contributed by atoms with Crippen LogP contribution in [0.4, 0.5) is 5.69 Å². The average Bonchev–Trinajstić information content (AvgIpc) is 2.78. The zero-order chi connectivity index (χ0) is 21.2. The molecule has 0 saturated carbocycles. The molecule has 3 rings (SSSR count). The van der Waals surface area contributed by atoms with Crippen molar-refractivity contribution in [3.05, 3.63) is 102 Å². The van der Waals surface area contributed by atoms with E-state index < -0.39 is 0 Å². The fourth-order valence-electron chi connectivity index (χ4n) is 2.51. The molecule has 3 N–H and O–H groups in total. The van der Waals surface area contributed by atoms with Crippen LogP contribution in [0.15, 0.2) is 90.9 Å². The summed E-state index contributed by atoms with van der Waals surface area (Å²) in [4.78, 5) is 28.0. The second kappa shape index (κ2) is 10.4. The number of allylic oxidation sites excluding steroid dienone is 1. The number of amides is 2. The van der Waals surface area contributed by atoms with Gasteiger partial charge in [0.1, 0.15) is 12.4 Å². The predicted octanol–water partition coefficient (Wildman–Crippen LogP) is 3.44. The minimum Gasteiger partial charge on any atom is -0.489 e. The average molecular weight is 402 g/mol. The lowest BCUT2D eigenvalue weighted by Crippen LogP contribution is -2.36. The summed E-state index contributed by atoms with van der Waals surface area (Å²) in [5, 5.41) is 2.76. The lowest BCUT2D eigenvalue weighted by atomic mass is 10.2. The van der Waals surface area contributed by atoms with Crippen LogP contribution in [0, 0.1) is 0 Å². The Morgan fingerprint density at radius 1 is 0.967 bits per heavy atom. The van der Waals surface area contributed by atoms with Crippen molar-refractivity contribution in [3.63, 3.8) is 0 Å². The number of benzene rings is 2. The molecular formula is C23H22N4O3. The van der Waals surface area contributed by atoms with Crippen molar-refractivity contribution < 1.29 is 14.3 Å². The normalized spacial score (nSPS) is 10.8. The molecule has 7 nitrogen and oxygen atoms in total. The summed E-state index contributed by atoms with van der Waals surface area (Å²) < 4.78 is 5.73. The number of pyridine rings is 1. The molecule has 0 fully saturated rings. The van der Waals surface area contributed by atoms with Gasteiger partial charge in [-0.05, 0) is 48.9 Å². The van der Waals surface area contributed by atoms with Gasteiger partial charge in [-0.25, -0.2) is 0 Å². The van der Waals surface area contributed by atoms with Crippen LogP contribution in [0.2, 0.25) is 0 Å². The number of aromatic nitrogens is 1. The van der Waals surface area contributed by atoms with Crippen LogP contribution in [0.25, 0.3) is 0 Å². The summed E-state index contributed by atoms with van der Waals surface area (Å²) in [6.07, 6.45) is 4.39. The Morgan fingerprint density at radius 2 is 1.73 bits per heavy atom. The highest BCUT2D eigenvalue weighted by Crippen LogP contribution is 2.17. The van der Waals surface area contributed by atoms with E-state index >= 15 is 0 Å². The number of carbonyl (C=O) groups is 2. The van der Waals surface area contributed by atoms with Gasteiger partial charge in [-0.15, -0.1) is 0 Å². The number of rotatable bonds is 8. The van der Waals surface area contributed by atoms with E-state index in [1.54, 1.807) is 49.5 Å². The Balaban J connectivity index is 1.46. The number of hydrogen-bond donors (Lipinski definition) is 3. The van der Waals surface area contributed by atoms with E-state index in [2.05, 4.69) is 21.2 Å². The third-order valence-electron chi connectivity index (χ3n) is 4.01. The second-order valence-corrected chi connectivity index (χ2v) is 6.44. The summed E-state index contributed by atoms with van der Waals surface area (Å²) in [5.74, 6) is 0.0410. The Hall–Kier alpha value is -4.13. The molecule has 1 aromatic heterocycles.